The smallest absolute Gasteiger partial charge is 0.101 e. The van der Waals surface area contributed by atoms with Crippen LogP contribution in [-0.4, -0.2) is 25.0 Å². The van der Waals surface area contributed by atoms with E-state index in [0.717, 1.165) is 12.8 Å². The number of nitrogens with zero attached hydrogens (tertiary/aromatic N) is 2. The van der Waals surface area contributed by atoms with Crippen LogP contribution in [0.4, 0.5) is 0 Å². The molecule has 0 aliphatic carbocycles. The van der Waals surface area contributed by atoms with Crippen molar-refractivity contribution in [2.75, 3.05) is 14.1 Å². The summed E-state index contributed by atoms with van der Waals surface area (Å²) in [7, 11) is 3.88. The molecule has 2 heteroatoms. The van der Waals surface area contributed by atoms with Crippen LogP contribution in [0.5, 0.6) is 0 Å². The summed E-state index contributed by atoms with van der Waals surface area (Å²) in [6.45, 7) is 2.15. The van der Waals surface area contributed by atoms with E-state index in [1.807, 2.05) is 19.0 Å². The van der Waals surface area contributed by atoms with Crippen molar-refractivity contribution in [3.63, 3.8) is 0 Å². The van der Waals surface area contributed by atoms with Crippen LogP contribution in [0.15, 0.2) is 24.3 Å². The third-order valence-electron chi connectivity index (χ3n) is 2.63. The second-order valence-electron chi connectivity index (χ2n) is 3.98. The zero-order chi connectivity index (χ0) is 11.3. The van der Waals surface area contributed by atoms with Gasteiger partial charge in [0.1, 0.15) is 6.04 Å². The lowest BCUT2D eigenvalue weighted by Crippen LogP contribution is -2.28. The molecule has 0 N–H and O–H groups in total. The lowest BCUT2D eigenvalue weighted by atomic mass is 10.0. The quantitative estimate of drug-likeness (QED) is 0.748. The third kappa shape index (κ3) is 3.38. The maximum atomic E-state index is 8.97. The highest BCUT2D eigenvalue weighted by Crippen LogP contribution is 2.09. The Hall–Kier alpha value is -1.33. The fourth-order valence-corrected chi connectivity index (χ4v) is 1.48. The SMILES string of the molecule is CCc1ccc(CC(C#N)N(C)C)cc1. The van der Waals surface area contributed by atoms with Gasteiger partial charge in [0.15, 0.2) is 0 Å². The van der Waals surface area contributed by atoms with Crippen LogP contribution >= 0.6 is 0 Å². The number of likely N-dealkylation sites (N-methyl/N-ethyl adjacent to an activating group) is 1. The number of hydrogen-bond acceptors (Lipinski definition) is 2. The van der Waals surface area contributed by atoms with E-state index < -0.39 is 0 Å². The largest absolute Gasteiger partial charge is 0.294 e. The molecule has 0 spiro atoms. The van der Waals surface area contributed by atoms with Gasteiger partial charge in [-0.25, -0.2) is 0 Å². The second kappa shape index (κ2) is 5.53. The summed E-state index contributed by atoms with van der Waals surface area (Å²) >= 11 is 0. The highest BCUT2D eigenvalue weighted by molar-refractivity contribution is 5.24. The Morgan fingerprint density at radius 2 is 1.73 bits per heavy atom. The molecule has 0 saturated heterocycles. The minimum Gasteiger partial charge on any atom is -0.294 e. The van der Waals surface area contributed by atoms with Crippen LogP contribution in [0.3, 0.4) is 0 Å². The van der Waals surface area contributed by atoms with E-state index in [0.29, 0.717) is 0 Å². The van der Waals surface area contributed by atoms with Crippen molar-refractivity contribution in [2.45, 2.75) is 25.8 Å². The summed E-state index contributed by atoms with van der Waals surface area (Å²) in [5.74, 6) is 0. The normalized spacial score (nSPS) is 12.5. The Bertz CT molecular complexity index is 333. The Kier molecular flexibility index (Phi) is 4.33. The van der Waals surface area contributed by atoms with Gasteiger partial charge in [-0.15, -0.1) is 0 Å². The lowest BCUT2D eigenvalue weighted by molar-refractivity contribution is 0.348. The molecule has 1 atom stereocenters. The van der Waals surface area contributed by atoms with Crippen molar-refractivity contribution in [3.8, 4) is 6.07 Å². The summed E-state index contributed by atoms with van der Waals surface area (Å²) in [6.07, 6.45) is 1.86. The molecule has 0 fully saturated rings. The highest BCUT2D eigenvalue weighted by atomic mass is 15.1. The van der Waals surface area contributed by atoms with Gasteiger partial charge in [0.2, 0.25) is 0 Å². The van der Waals surface area contributed by atoms with E-state index in [1.165, 1.54) is 11.1 Å². The number of aryl methyl sites for hydroxylation is 1. The minimum atomic E-state index is -0.0301. The molecule has 15 heavy (non-hydrogen) atoms. The summed E-state index contributed by atoms with van der Waals surface area (Å²) < 4.78 is 0. The first-order chi connectivity index (χ1) is 7.17. The summed E-state index contributed by atoms with van der Waals surface area (Å²) in [6, 6.07) is 10.8. The van der Waals surface area contributed by atoms with Gasteiger partial charge < -0.3 is 0 Å². The average Bonchev–Trinajstić information content (AvgIpc) is 2.26. The van der Waals surface area contributed by atoms with Crippen LogP contribution in [0, 0.1) is 11.3 Å². The first kappa shape index (κ1) is 11.7. The lowest BCUT2D eigenvalue weighted by Gasteiger charge is -2.16. The van der Waals surface area contributed by atoms with Crippen LogP contribution in [0.25, 0.3) is 0 Å². The topological polar surface area (TPSA) is 27.0 Å². The molecule has 0 aliphatic heterocycles. The molecule has 0 saturated carbocycles. The molecule has 0 amide bonds. The number of hydrogen-bond donors (Lipinski definition) is 0. The molecule has 0 aliphatic rings. The standard InChI is InChI=1S/C13H18N2/c1-4-11-5-7-12(8-6-11)9-13(10-14)15(2)3/h5-8,13H,4,9H2,1-3H3. The van der Waals surface area contributed by atoms with Crippen LogP contribution in [0.2, 0.25) is 0 Å². The van der Waals surface area contributed by atoms with E-state index in [-0.39, 0.29) is 6.04 Å². The monoisotopic (exact) mass is 202 g/mol. The number of rotatable bonds is 4. The van der Waals surface area contributed by atoms with Gasteiger partial charge in [0, 0.05) is 6.42 Å². The average molecular weight is 202 g/mol. The zero-order valence-corrected chi connectivity index (χ0v) is 9.70. The first-order valence-electron chi connectivity index (χ1n) is 5.31. The number of nitriles is 1. The fraction of sp³-hybridized carbons (Fsp3) is 0.462. The predicted molar refractivity (Wildman–Crippen MR) is 62.6 cm³/mol. The highest BCUT2D eigenvalue weighted by Gasteiger charge is 2.10. The van der Waals surface area contributed by atoms with Crippen molar-refractivity contribution >= 4 is 0 Å². The third-order valence-corrected chi connectivity index (χ3v) is 2.63. The summed E-state index contributed by atoms with van der Waals surface area (Å²) in [5, 5.41) is 8.97. The molecule has 0 radical (unpaired) electrons. The molecule has 80 valence electrons. The Labute approximate surface area is 92.1 Å². The van der Waals surface area contributed by atoms with Crippen molar-refractivity contribution < 1.29 is 0 Å². The van der Waals surface area contributed by atoms with Gasteiger partial charge in [-0.05, 0) is 31.6 Å². The Balaban J connectivity index is 2.68. The maximum Gasteiger partial charge on any atom is 0.101 e. The second-order valence-corrected chi connectivity index (χ2v) is 3.98. The molecule has 0 bridgehead atoms. The zero-order valence-electron chi connectivity index (χ0n) is 9.70. The molecular weight excluding hydrogens is 184 g/mol. The van der Waals surface area contributed by atoms with E-state index in [9.17, 15) is 0 Å². The van der Waals surface area contributed by atoms with Gasteiger partial charge in [0.25, 0.3) is 0 Å². The van der Waals surface area contributed by atoms with Gasteiger partial charge >= 0.3 is 0 Å². The fourth-order valence-electron chi connectivity index (χ4n) is 1.48. The van der Waals surface area contributed by atoms with Crippen molar-refractivity contribution in [1.82, 2.24) is 4.90 Å². The van der Waals surface area contributed by atoms with Crippen molar-refractivity contribution in [1.29, 1.82) is 5.26 Å². The van der Waals surface area contributed by atoms with E-state index in [4.69, 9.17) is 5.26 Å². The predicted octanol–water partition coefficient (Wildman–Crippen LogP) is 2.25. The maximum absolute atomic E-state index is 8.97. The van der Waals surface area contributed by atoms with Gasteiger partial charge in [0.05, 0.1) is 6.07 Å². The van der Waals surface area contributed by atoms with Gasteiger partial charge in [-0.1, -0.05) is 31.2 Å². The summed E-state index contributed by atoms with van der Waals surface area (Å²) in [4.78, 5) is 1.95. The Morgan fingerprint density at radius 3 is 2.13 bits per heavy atom. The van der Waals surface area contributed by atoms with E-state index >= 15 is 0 Å². The molecule has 1 aromatic rings. The molecule has 1 rings (SSSR count). The molecule has 1 aromatic carbocycles. The van der Waals surface area contributed by atoms with E-state index in [1.54, 1.807) is 0 Å². The molecule has 0 heterocycles. The summed E-state index contributed by atoms with van der Waals surface area (Å²) in [5.41, 5.74) is 2.57. The van der Waals surface area contributed by atoms with Gasteiger partial charge in [-0.3, -0.25) is 4.90 Å². The Morgan fingerprint density at radius 1 is 1.20 bits per heavy atom. The van der Waals surface area contributed by atoms with Crippen LogP contribution in [0.1, 0.15) is 18.1 Å². The van der Waals surface area contributed by atoms with Crippen molar-refractivity contribution in [2.24, 2.45) is 0 Å². The molecular formula is C13H18N2. The van der Waals surface area contributed by atoms with Gasteiger partial charge in [-0.2, -0.15) is 5.26 Å². The molecule has 0 aromatic heterocycles. The molecule has 1 unspecified atom stereocenters. The van der Waals surface area contributed by atoms with Crippen LogP contribution in [-0.2, 0) is 12.8 Å². The number of benzene rings is 1. The van der Waals surface area contributed by atoms with Crippen molar-refractivity contribution in [3.05, 3.63) is 35.4 Å². The van der Waals surface area contributed by atoms with E-state index in [2.05, 4.69) is 37.3 Å². The molecule has 2 nitrogen and oxygen atoms in total. The van der Waals surface area contributed by atoms with Crippen LogP contribution < -0.4 is 0 Å². The minimum absolute atomic E-state index is 0.0301. The first-order valence-corrected chi connectivity index (χ1v) is 5.31.